The third kappa shape index (κ3) is 4.37. The molecule has 90 valence electrons. The second-order valence-electron chi connectivity index (χ2n) is 4.14. The molecule has 0 atom stereocenters. The SMILES string of the molecule is C/C(=C/Cl)CNCCCn1nc(C)cc1C. The first-order chi connectivity index (χ1) is 7.63. The van der Waals surface area contributed by atoms with Crippen molar-refractivity contribution in [1.82, 2.24) is 15.1 Å². The summed E-state index contributed by atoms with van der Waals surface area (Å²) in [6.45, 7) is 8.95. The lowest BCUT2D eigenvalue weighted by atomic mass is 10.3. The minimum absolute atomic E-state index is 0.862. The van der Waals surface area contributed by atoms with Crippen molar-refractivity contribution in [1.29, 1.82) is 0 Å². The van der Waals surface area contributed by atoms with E-state index in [-0.39, 0.29) is 0 Å². The van der Waals surface area contributed by atoms with Gasteiger partial charge in [-0.15, -0.1) is 0 Å². The Kier molecular flexibility index (Phi) is 5.56. The summed E-state index contributed by atoms with van der Waals surface area (Å²) in [5.41, 5.74) is 5.10. The summed E-state index contributed by atoms with van der Waals surface area (Å²) in [5.74, 6) is 0. The highest BCUT2D eigenvalue weighted by atomic mass is 35.5. The van der Waals surface area contributed by atoms with Crippen molar-refractivity contribution >= 4 is 11.6 Å². The molecule has 1 N–H and O–H groups in total. The summed E-state index contributed by atoms with van der Waals surface area (Å²) in [6.07, 6.45) is 1.08. The van der Waals surface area contributed by atoms with Crippen molar-refractivity contribution in [3.63, 3.8) is 0 Å². The molecule has 1 heterocycles. The monoisotopic (exact) mass is 241 g/mol. The Morgan fingerprint density at radius 3 is 2.88 bits per heavy atom. The zero-order valence-corrected chi connectivity index (χ0v) is 11.0. The van der Waals surface area contributed by atoms with Crippen molar-refractivity contribution in [3.8, 4) is 0 Å². The average Bonchev–Trinajstić information content (AvgIpc) is 2.56. The van der Waals surface area contributed by atoms with Gasteiger partial charge in [0, 0.05) is 24.3 Å². The zero-order valence-electron chi connectivity index (χ0n) is 10.3. The van der Waals surface area contributed by atoms with Gasteiger partial charge < -0.3 is 5.32 Å². The van der Waals surface area contributed by atoms with Gasteiger partial charge in [-0.1, -0.05) is 11.6 Å². The van der Waals surface area contributed by atoms with Crippen LogP contribution in [0.2, 0.25) is 0 Å². The second kappa shape index (κ2) is 6.71. The van der Waals surface area contributed by atoms with Gasteiger partial charge in [-0.2, -0.15) is 5.10 Å². The van der Waals surface area contributed by atoms with Gasteiger partial charge in [0.2, 0.25) is 0 Å². The maximum atomic E-state index is 5.57. The molecule has 4 heteroatoms. The van der Waals surface area contributed by atoms with Gasteiger partial charge in [-0.25, -0.2) is 0 Å². The Labute approximate surface area is 102 Å². The lowest BCUT2D eigenvalue weighted by molar-refractivity contribution is 0.540. The highest BCUT2D eigenvalue weighted by Gasteiger charge is 1.99. The Bertz CT molecular complexity index is 355. The van der Waals surface area contributed by atoms with Crippen LogP contribution in [-0.4, -0.2) is 22.9 Å². The van der Waals surface area contributed by atoms with E-state index >= 15 is 0 Å². The van der Waals surface area contributed by atoms with Crippen molar-refractivity contribution in [3.05, 3.63) is 28.6 Å². The number of hydrogen-bond donors (Lipinski definition) is 1. The second-order valence-corrected chi connectivity index (χ2v) is 4.35. The summed E-state index contributed by atoms with van der Waals surface area (Å²) in [5, 5.41) is 7.75. The standard InChI is InChI=1S/C12H20ClN3/c1-10(8-13)9-14-5-4-6-16-12(3)7-11(2)15-16/h7-8,14H,4-6,9H2,1-3H3/b10-8-. The van der Waals surface area contributed by atoms with Gasteiger partial charge in [0.15, 0.2) is 0 Å². The molecular weight excluding hydrogens is 222 g/mol. The van der Waals surface area contributed by atoms with Gasteiger partial charge in [-0.05, 0) is 45.4 Å². The molecular formula is C12H20ClN3. The molecule has 16 heavy (non-hydrogen) atoms. The van der Waals surface area contributed by atoms with Gasteiger partial charge in [-0.3, -0.25) is 4.68 Å². The fraction of sp³-hybridized carbons (Fsp3) is 0.583. The van der Waals surface area contributed by atoms with Crippen LogP contribution in [-0.2, 0) is 6.54 Å². The first-order valence-electron chi connectivity index (χ1n) is 5.61. The number of aromatic nitrogens is 2. The van der Waals surface area contributed by atoms with E-state index in [0.717, 1.165) is 37.3 Å². The molecule has 0 saturated heterocycles. The lowest BCUT2D eigenvalue weighted by Gasteiger charge is -2.06. The first kappa shape index (κ1) is 13.3. The van der Waals surface area contributed by atoms with E-state index in [4.69, 9.17) is 11.6 Å². The number of hydrogen-bond acceptors (Lipinski definition) is 2. The quantitative estimate of drug-likeness (QED) is 0.776. The fourth-order valence-electron chi connectivity index (χ4n) is 1.58. The molecule has 0 amide bonds. The number of rotatable bonds is 6. The van der Waals surface area contributed by atoms with E-state index in [2.05, 4.69) is 28.1 Å². The maximum absolute atomic E-state index is 5.57. The van der Waals surface area contributed by atoms with E-state index in [1.165, 1.54) is 5.69 Å². The predicted octanol–water partition coefficient (Wildman–Crippen LogP) is 2.62. The molecule has 1 rings (SSSR count). The molecule has 0 aromatic carbocycles. The molecule has 0 aliphatic carbocycles. The van der Waals surface area contributed by atoms with Crippen LogP contribution in [0.4, 0.5) is 0 Å². The van der Waals surface area contributed by atoms with Crippen LogP contribution in [0.15, 0.2) is 17.2 Å². The van der Waals surface area contributed by atoms with Crippen LogP contribution < -0.4 is 5.32 Å². The molecule has 0 spiro atoms. The molecule has 0 saturated carbocycles. The average molecular weight is 242 g/mol. The normalized spacial score (nSPS) is 12.1. The minimum atomic E-state index is 0.862. The van der Waals surface area contributed by atoms with Crippen molar-refractivity contribution in [2.24, 2.45) is 0 Å². The van der Waals surface area contributed by atoms with Crippen molar-refractivity contribution in [2.75, 3.05) is 13.1 Å². The smallest absolute Gasteiger partial charge is 0.0596 e. The summed E-state index contributed by atoms with van der Waals surface area (Å²) < 4.78 is 2.06. The van der Waals surface area contributed by atoms with E-state index in [1.807, 2.05) is 13.8 Å². The third-order valence-electron chi connectivity index (χ3n) is 2.42. The summed E-state index contributed by atoms with van der Waals surface area (Å²) in [7, 11) is 0. The molecule has 0 radical (unpaired) electrons. The third-order valence-corrected chi connectivity index (χ3v) is 2.79. The summed E-state index contributed by atoms with van der Waals surface area (Å²) in [6, 6.07) is 2.10. The van der Waals surface area contributed by atoms with Gasteiger partial charge >= 0.3 is 0 Å². The van der Waals surface area contributed by atoms with Crippen LogP contribution in [0.25, 0.3) is 0 Å². The topological polar surface area (TPSA) is 29.9 Å². The van der Waals surface area contributed by atoms with E-state index in [9.17, 15) is 0 Å². The van der Waals surface area contributed by atoms with Crippen molar-refractivity contribution < 1.29 is 0 Å². The van der Waals surface area contributed by atoms with Gasteiger partial charge in [0.25, 0.3) is 0 Å². The van der Waals surface area contributed by atoms with Crippen molar-refractivity contribution in [2.45, 2.75) is 33.7 Å². The molecule has 3 nitrogen and oxygen atoms in total. The molecule has 0 aliphatic rings. The lowest BCUT2D eigenvalue weighted by Crippen LogP contribution is -2.19. The highest BCUT2D eigenvalue weighted by Crippen LogP contribution is 2.02. The van der Waals surface area contributed by atoms with E-state index < -0.39 is 0 Å². The Hall–Kier alpha value is -0.800. The number of nitrogens with one attached hydrogen (secondary N) is 1. The highest BCUT2D eigenvalue weighted by molar-refractivity contribution is 6.25. The molecule has 0 fully saturated rings. The number of aryl methyl sites for hydroxylation is 3. The molecule has 0 unspecified atom stereocenters. The summed E-state index contributed by atoms with van der Waals surface area (Å²) in [4.78, 5) is 0. The number of halogens is 1. The van der Waals surface area contributed by atoms with Crippen LogP contribution in [0.5, 0.6) is 0 Å². The van der Waals surface area contributed by atoms with Crippen LogP contribution >= 0.6 is 11.6 Å². The summed E-state index contributed by atoms with van der Waals surface area (Å²) >= 11 is 5.57. The molecule has 1 aromatic heterocycles. The molecule has 0 bridgehead atoms. The fourth-order valence-corrected chi connectivity index (χ4v) is 1.66. The van der Waals surface area contributed by atoms with E-state index in [0.29, 0.717) is 0 Å². The zero-order chi connectivity index (χ0) is 12.0. The predicted molar refractivity (Wildman–Crippen MR) is 68.8 cm³/mol. The van der Waals surface area contributed by atoms with Crippen LogP contribution in [0.1, 0.15) is 24.7 Å². The van der Waals surface area contributed by atoms with Gasteiger partial charge in [0.05, 0.1) is 5.69 Å². The number of nitrogens with zero attached hydrogens (tertiary/aromatic N) is 2. The maximum Gasteiger partial charge on any atom is 0.0596 e. The molecule has 0 aliphatic heterocycles. The Morgan fingerprint density at radius 2 is 2.31 bits per heavy atom. The largest absolute Gasteiger partial charge is 0.313 e. The Morgan fingerprint density at radius 1 is 1.56 bits per heavy atom. The minimum Gasteiger partial charge on any atom is -0.313 e. The van der Waals surface area contributed by atoms with Gasteiger partial charge in [0.1, 0.15) is 0 Å². The van der Waals surface area contributed by atoms with Crippen LogP contribution in [0.3, 0.4) is 0 Å². The molecule has 1 aromatic rings. The Balaban J connectivity index is 2.19. The first-order valence-corrected chi connectivity index (χ1v) is 6.04. The van der Waals surface area contributed by atoms with Crippen LogP contribution in [0, 0.1) is 13.8 Å². The van der Waals surface area contributed by atoms with E-state index in [1.54, 1.807) is 5.54 Å².